The van der Waals surface area contributed by atoms with E-state index in [2.05, 4.69) is 15.5 Å². The predicted molar refractivity (Wildman–Crippen MR) is 131 cm³/mol. The molecule has 3 heterocycles. The number of carbonyl (C=O) groups excluding carboxylic acids is 2. The topological polar surface area (TPSA) is 80.1 Å². The van der Waals surface area contributed by atoms with Crippen LogP contribution in [0.2, 0.25) is 10.0 Å². The third-order valence-corrected chi connectivity index (χ3v) is 8.41. The van der Waals surface area contributed by atoms with Crippen molar-refractivity contribution in [3.63, 3.8) is 0 Å². The molecule has 2 atom stereocenters. The van der Waals surface area contributed by atoms with E-state index in [0.717, 1.165) is 34.6 Å². The molecule has 3 aliphatic rings. The summed E-state index contributed by atoms with van der Waals surface area (Å²) >= 11 is 13.1. The van der Waals surface area contributed by atoms with Crippen LogP contribution < -0.4 is 5.32 Å². The van der Waals surface area contributed by atoms with Crippen molar-refractivity contribution < 1.29 is 27.6 Å². The minimum atomic E-state index is -4.81. The maximum Gasteiger partial charge on any atom is 0.435 e. The number of hydrogen-bond acceptors (Lipinski definition) is 5. The minimum absolute atomic E-state index is 0.0472. The number of benzene rings is 1. The fourth-order valence-electron chi connectivity index (χ4n) is 4.86. The highest BCUT2D eigenvalue weighted by atomic mass is 35.5. The number of rotatable bonds is 4. The molecule has 2 aliphatic heterocycles. The number of amides is 2. The van der Waals surface area contributed by atoms with Gasteiger partial charge in [0, 0.05) is 21.3 Å². The predicted octanol–water partition coefficient (Wildman–Crippen LogP) is 6.01. The van der Waals surface area contributed by atoms with Crippen LogP contribution in [0.1, 0.15) is 63.8 Å². The lowest BCUT2D eigenvalue weighted by atomic mass is 9.87. The van der Waals surface area contributed by atoms with Gasteiger partial charge >= 0.3 is 6.18 Å². The van der Waals surface area contributed by atoms with Crippen LogP contribution in [0.5, 0.6) is 0 Å². The molecule has 1 aromatic heterocycles. The lowest BCUT2D eigenvalue weighted by Gasteiger charge is -2.29. The van der Waals surface area contributed by atoms with Crippen molar-refractivity contribution in [2.45, 2.75) is 63.3 Å². The highest BCUT2D eigenvalue weighted by molar-refractivity contribution is 7.16. The lowest BCUT2D eigenvalue weighted by molar-refractivity contribution is -0.275. The van der Waals surface area contributed by atoms with E-state index < -0.39 is 36.1 Å². The Morgan fingerprint density at radius 3 is 2.53 bits per heavy atom. The van der Waals surface area contributed by atoms with Gasteiger partial charge in [-0.3, -0.25) is 9.59 Å². The summed E-state index contributed by atoms with van der Waals surface area (Å²) in [4.78, 5) is 35.3. The number of alkyl halides is 3. The average molecular weight is 558 g/mol. The first-order chi connectivity index (χ1) is 17.0. The lowest BCUT2D eigenvalue weighted by Crippen LogP contribution is -2.42. The number of carbonyl (C=O) groups is 2. The Bertz CT molecular complexity index is 1320. The van der Waals surface area contributed by atoms with Crippen molar-refractivity contribution in [1.29, 1.82) is 0 Å². The van der Waals surface area contributed by atoms with Crippen LogP contribution in [0.25, 0.3) is 0 Å². The van der Waals surface area contributed by atoms with E-state index in [1.807, 2.05) is 0 Å². The standard InChI is InChI=1S/C24H20Cl2F3N3O3S/c1-11-5-6-17(21(33)30-11)31-22(34)20-16-4-2-3-15(16)19(36-20)18-10-23(35-32-18,24(27,28)29)12-7-13(25)9-14(26)8-12/h7-9,17H,2-6,10H2,1H3,(H,31,34). The number of fused-ring (bicyclic) bond motifs is 1. The molecule has 6 nitrogen and oxygen atoms in total. The molecule has 2 aromatic rings. The minimum Gasteiger partial charge on any atom is -0.374 e. The second kappa shape index (κ2) is 9.15. The molecule has 0 saturated carbocycles. The Kier molecular flexibility index (Phi) is 6.41. The molecule has 2 amide bonds. The fraction of sp³-hybridized carbons (Fsp3) is 0.417. The normalized spacial score (nSPS) is 23.7. The summed E-state index contributed by atoms with van der Waals surface area (Å²) in [7, 11) is 0. The molecular weight excluding hydrogens is 538 g/mol. The highest BCUT2D eigenvalue weighted by Gasteiger charge is 2.62. The molecular formula is C24H20Cl2F3N3O3S. The van der Waals surface area contributed by atoms with Crippen molar-refractivity contribution in [3.8, 4) is 0 Å². The largest absolute Gasteiger partial charge is 0.435 e. The van der Waals surface area contributed by atoms with Gasteiger partial charge in [-0.05, 0) is 68.4 Å². The van der Waals surface area contributed by atoms with Crippen molar-refractivity contribution in [1.82, 2.24) is 5.32 Å². The van der Waals surface area contributed by atoms with Gasteiger partial charge in [-0.2, -0.15) is 13.2 Å². The average Bonchev–Trinajstić information content (AvgIpc) is 3.49. The SMILES string of the molecule is CC1=NC(=O)C(NC(=O)c2sc(C3=NOC(c4cc(Cl)cc(Cl)c4)(C(F)(F)F)C3)c3c2CCC3)CC1. The van der Waals surface area contributed by atoms with Crippen LogP contribution in [-0.4, -0.2) is 35.5 Å². The summed E-state index contributed by atoms with van der Waals surface area (Å²) in [6.45, 7) is 1.76. The van der Waals surface area contributed by atoms with E-state index in [-0.39, 0.29) is 21.3 Å². The van der Waals surface area contributed by atoms with Gasteiger partial charge in [-0.1, -0.05) is 28.4 Å². The molecule has 0 spiro atoms. The Morgan fingerprint density at radius 2 is 1.86 bits per heavy atom. The molecule has 36 heavy (non-hydrogen) atoms. The van der Waals surface area contributed by atoms with Crippen LogP contribution >= 0.6 is 34.5 Å². The monoisotopic (exact) mass is 557 g/mol. The number of hydrogen-bond donors (Lipinski definition) is 1. The Balaban J connectivity index is 1.46. The maximum atomic E-state index is 14.4. The van der Waals surface area contributed by atoms with Gasteiger partial charge in [-0.25, -0.2) is 4.99 Å². The first-order valence-corrected chi connectivity index (χ1v) is 12.9. The van der Waals surface area contributed by atoms with Crippen molar-refractivity contribution in [2.24, 2.45) is 10.1 Å². The molecule has 1 N–H and O–H groups in total. The molecule has 0 fully saturated rings. The number of nitrogens with zero attached hydrogens (tertiary/aromatic N) is 2. The summed E-state index contributed by atoms with van der Waals surface area (Å²) in [6, 6.07) is 2.96. The Morgan fingerprint density at radius 1 is 1.17 bits per heavy atom. The third-order valence-electron chi connectivity index (χ3n) is 6.65. The molecule has 2 unspecified atom stereocenters. The van der Waals surface area contributed by atoms with Gasteiger partial charge in [0.2, 0.25) is 0 Å². The summed E-state index contributed by atoms with van der Waals surface area (Å²) in [5, 5.41) is 6.71. The molecule has 190 valence electrons. The van der Waals surface area contributed by atoms with E-state index in [1.54, 1.807) is 6.92 Å². The molecule has 1 aromatic carbocycles. The van der Waals surface area contributed by atoms with Crippen molar-refractivity contribution in [2.75, 3.05) is 0 Å². The number of nitrogens with one attached hydrogen (secondary N) is 1. The quantitative estimate of drug-likeness (QED) is 0.500. The van der Waals surface area contributed by atoms with E-state index in [9.17, 15) is 22.8 Å². The fourth-order valence-corrected chi connectivity index (χ4v) is 6.66. The number of thiophene rings is 1. The summed E-state index contributed by atoms with van der Waals surface area (Å²) in [6.07, 6.45) is -2.35. The van der Waals surface area contributed by atoms with Gasteiger partial charge < -0.3 is 10.2 Å². The zero-order valence-electron chi connectivity index (χ0n) is 19.0. The zero-order chi connectivity index (χ0) is 25.8. The Hall–Kier alpha value is -2.43. The molecule has 0 radical (unpaired) electrons. The first kappa shape index (κ1) is 25.2. The van der Waals surface area contributed by atoms with Crippen molar-refractivity contribution >= 4 is 57.8 Å². The van der Waals surface area contributed by atoms with Gasteiger partial charge in [0.1, 0.15) is 11.8 Å². The molecule has 12 heteroatoms. The second-order valence-corrected chi connectivity index (χ2v) is 11.0. The van der Waals surface area contributed by atoms with Crippen LogP contribution in [0.3, 0.4) is 0 Å². The molecule has 5 rings (SSSR count). The van der Waals surface area contributed by atoms with Crippen molar-refractivity contribution in [3.05, 3.63) is 54.7 Å². The highest BCUT2D eigenvalue weighted by Crippen LogP contribution is 2.51. The summed E-state index contributed by atoms with van der Waals surface area (Å²) in [5.74, 6) is -0.829. The molecule has 1 aliphatic carbocycles. The summed E-state index contributed by atoms with van der Waals surface area (Å²) < 4.78 is 43.2. The zero-order valence-corrected chi connectivity index (χ0v) is 21.3. The van der Waals surface area contributed by atoms with E-state index in [4.69, 9.17) is 28.0 Å². The van der Waals surface area contributed by atoms with Gasteiger partial charge in [0.15, 0.2) is 0 Å². The van der Waals surface area contributed by atoms with E-state index in [1.165, 1.54) is 18.2 Å². The molecule has 0 saturated heterocycles. The maximum absolute atomic E-state index is 14.4. The van der Waals surface area contributed by atoms with E-state index in [0.29, 0.717) is 35.4 Å². The van der Waals surface area contributed by atoms with Crippen LogP contribution in [0, 0.1) is 0 Å². The molecule has 0 bridgehead atoms. The van der Waals surface area contributed by atoms with E-state index >= 15 is 0 Å². The first-order valence-electron chi connectivity index (χ1n) is 11.3. The third kappa shape index (κ3) is 4.33. The van der Waals surface area contributed by atoms with Gasteiger partial charge in [0.05, 0.1) is 16.2 Å². The van der Waals surface area contributed by atoms with Crippen LogP contribution in [-0.2, 0) is 28.1 Å². The Labute approximate surface area is 218 Å². The summed E-state index contributed by atoms with van der Waals surface area (Å²) in [5.41, 5.74) is -0.576. The van der Waals surface area contributed by atoms with Crippen LogP contribution in [0.15, 0.2) is 28.3 Å². The van der Waals surface area contributed by atoms with Gasteiger partial charge in [-0.15, -0.1) is 11.3 Å². The smallest absolute Gasteiger partial charge is 0.374 e. The number of halogens is 5. The van der Waals surface area contributed by atoms with Gasteiger partial charge in [0.25, 0.3) is 17.4 Å². The number of oxime groups is 1. The van der Waals surface area contributed by atoms with Crippen LogP contribution in [0.4, 0.5) is 13.2 Å². The number of aliphatic imine (C=N–C) groups is 1. The second-order valence-electron chi connectivity index (χ2n) is 9.11.